The number of fused-ring (bicyclic) bond motifs is 1. The number of thiazole rings is 1. The summed E-state index contributed by atoms with van der Waals surface area (Å²) in [6.07, 6.45) is 2.24. The van der Waals surface area contributed by atoms with Gasteiger partial charge in [0.05, 0.1) is 15.1 Å². The van der Waals surface area contributed by atoms with Gasteiger partial charge >= 0.3 is 0 Å². The quantitative estimate of drug-likeness (QED) is 0.281. The number of halogens is 1. The number of hydrogen-bond donors (Lipinski definition) is 0. The van der Waals surface area contributed by atoms with Crippen molar-refractivity contribution in [2.24, 2.45) is 4.99 Å². The molecule has 0 spiro atoms. The van der Waals surface area contributed by atoms with Gasteiger partial charge in [-0.15, -0.1) is 11.8 Å². The molecule has 0 fully saturated rings. The highest BCUT2D eigenvalue weighted by Gasteiger charge is 2.12. The van der Waals surface area contributed by atoms with Gasteiger partial charge in [-0.1, -0.05) is 11.3 Å². The third-order valence-corrected chi connectivity index (χ3v) is 6.66. The van der Waals surface area contributed by atoms with Gasteiger partial charge in [0.15, 0.2) is 4.80 Å². The zero-order chi connectivity index (χ0) is 20.8. The fourth-order valence-electron chi connectivity index (χ4n) is 2.61. The second-order valence-electron chi connectivity index (χ2n) is 6.00. The van der Waals surface area contributed by atoms with Gasteiger partial charge in [-0.2, -0.15) is 16.8 Å². The SMILES string of the molecule is CSCCn1c(=NC(=O)CCSc2ccc(F)cc2)sc2cc([N+](=O)[O-])ccc21. The maximum Gasteiger partial charge on any atom is 0.270 e. The molecular formula is C19H18FN3O3S3. The Morgan fingerprint density at radius 1 is 1.24 bits per heavy atom. The lowest BCUT2D eigenvalue weighted by atomic mass is 10.3. The van der Waals surface area contributed by atoms with Crippen molar-refractivity contribution in [1.82, 2.24) is 4.57 Å². The first-order valence-electron chi connectivity index (χ1n) is 8.70. The zero-order valence-corrected chi connectivity index (χ0v) is 18.0. The minimum atomic E-state index is -0.431. The topological polar surface area (TPSA) is 77.5 Å². The Balaban J connectivity index is 1.79. The second kappa shape index (κ2) is 10.0. The maximum atomic E-state index is 12.9. The molecule has 0 unspecified atom stereocenters. The van der Waals surface area contributed by atoms with E-state index < -0.39 is 4.92 Å². The highest BCUT2D eigenvalue weighted by Crippen LogP contribution is 2.24. The molecule has 2 aromatic carbocycles. The van der Waals surface area contributed by atoms with Gasteiger partial charge in [0, 0.05) is 41.5 Å². The Morgan fingerprint density at radius 2 is 2.00 bits per heavy atom. The highest BCUT2D eigenvalue weighted by molar-refractivity contribution is 7.99. The van der Waals surface area contributed by atoms with Crippen molar-refractivity contribution in [3.8, 4) is 0 Å². The summed E-state index contributed by atoms with van der Waals surface area (Å²) >= 11 is 4.42. The van der Waals surface area contributed by atoms with E-state index in [1.165, 1.54) is 47.4 Å². The number of nitrogens with zero attached hydrogens (tertiary/aromatic N) is 3. The summed E-state index contributed by atoms with van der Waals surface area (Å²) in [4.78, 5) is 28.7. The predicted molar refractivity (Wildman–Crippen MR) is 117 cm³/mol. The van der Waals surface area contributed by atoms with Crippen LogP contribution in [-0.4, -0.2) is 33.2 Å². The number of carbonyl (C=O) groups is 1. The summed E-state index contributed by atoms with van der Waals surface area (Å²) in [7, 11) is 0. The molecule has 6 nitrogen and oxygen atoms in total. The van der Waals surface area contributed by atoms with E-state index in [-0.39, 0.29) is 23.8 Å². The Hall–Kier alpha value is -2.17. The molecule has 0 N–H and O–H groups in total. The average molecular weight is 452 g/mol. The van der Waals surface area contributed by atoms with Crippen molar-refractivity contribution in [2.75, 3.05) is 17.8 Å². The molecule has 0 aliphatic rings. The van der Waals surface area contributed by atoms with E-state index in [0.717, 1.165) is 20.9 Å². The summed E-state index contributed by atoms with van der Waals surface area (Å²) < 4.78 is 15.6. The molecule has 0 saturated heterocycles. The second-order valence-corrected chi connectivity index (χ2v) is 9.16. The number of carbonyl (C=O) groups excluding carboxylic acids is 1. The van der Waals surface area contributed by atoms with E-state index in [9.17, 15) is 19.3 Å². The number of amides is 1. The van der Waals surface area contributed by atoms with Crippen LogP contribution in [0.4, 0.5) is 10.1 Å². The molecule has 3 rings (SSSR count). The van der Waals surface area contributed by atoms with Crippen LogP contribution in [0.5, 0.6) is 0 Å². The minimum Gasteiger partial charge on any atom is -0.316 e. The largest absolute Gasteiger partial charge is 0.316 e. The van der Waals surface area contributed by atoms with E-state index in [0.29, 0.717) is 17.1 Å². The van der Waals surface area contributed by atoms with Crippen molar-refractivity contribution in [3.05, 3.63) is 63.2 Å². The molecule has 1 amide bonds. The van der Waals surface area contributed by atoms with Gasteiger partial charge in [-0.25, -0.2) is 4.39 Å². The molecule has 0 aliphatic carbocycles. The van der Waals surface area contributed by atoms with Crippen LogP contribution in [0.15, 0.2) is 52.4 Å². The first-order valence-corrected chi connectivity index (χ1v) is 11.9. The summed E-state index contributed by atoms with van der Waals surface area (Å²) in [5.41, 5.74) is 0.853. The Bertz CT molecular complexity index is 1090. The number of rotatable bonds is 8. The number of aryl methyl sites for hydroxylation is 1. The standard InChI is InChI=1S/C19H18FN3O3S3/c1-27-11-9-22-16-7-4-14(23(25)26)12-17(16)29-19(22)21-18(24)8-10-28-15-5-2-13(20)3-6-15/h2-7,12H,8-11H2,1H3. The fourth-order valence-corrected chi connectivity index (χ4v) is 4.92. The van der Waals surface area contributed by atoms with Crippen LogP contribution in [0.25, 0.3) is 10.2 Å². The predicted octanol–water partition coefficient (Wildman–Crippen LogP) is 4.72. The van der Waals surface area contributed by atoms with E-state index in [1.54, 1.807) is 30.0 Å². The zero-order valence-electron chi connectivity index (χ0n) is 15.5. The Morgan fingerprint density at radius 3 is 2.69 bits per heavy atom. The first kappa shape index (κ1) is 21.5. The van der Waals surface area contributed by atoms with Gasteiger partial charge < -0.3 is 4.57 Å². The van der Waals surface area contributed by atoms with Gasteiger partial charge in [-0.05, 0) is 36.6 Å². The molecule has 1 aromatic heterocycles. The number of benzene rings is 2. The lowest BCUT2D eigenvalue weighted by Crippen LogP contribution is -2.18. The Labute approximate surface area is 179 Å². The van der Waals surface area contributed by atoms with Crippen LogP contribution in [0.1, 0.15) is 6.42 Å². The van der Waals surface area contributed by atoms with Gasteiger partial charge in [0.2, 0.25) is 5.91 Å². The molecule has 0 bridgehead atoms. The first-order chi connectivity index (χ1) is 14.0. The molecule has 0 atom stereocenters. The molecule has 0 radical (unpaired) electrons. The van der Waals surface area contributed by atoms with Crippen molar-refractivity contribution in [2.45, 2.75) is 17.9 Å². The van der Waals surface area contributed by atoms with E-state index in [2.05, 4.69) is 4.99 Å². The van der Waals surface area contributed by atoms with Crippen molar-refractivity contribution in [3.63, 3.8) is 0 Å². The number of nitro groups is 1. The number of non-ortho nitro benzene ring substituents is 1. The normalized spacial score (nSPS) is 11.9. The molecule has 3 aromatic rings. The molecule has 0 aliphatic heterocycles. The van der Waals surface area contributed by atoms with Crippen LogP contribution in [0.3, 0.4) is 0 Å². The molecule has 10 heteroatoms. The summed E-state index contributed by atoms with van der Waals surface area (Å²) in [5, 5.41) is 11.0. The average Bonchev–Trinajstić information content (AvgIpc) is 3.03. The van der Waals surface area contributed by atoms with Crippen molar-refractivity contribution in [1.29, 1.82) is 0 Å². The van der Waals surface area contributed by atoms with E-state index in [4.69, 9.17) is 0 Å². The van der Waals surface area contributed by atoms with Crippen LogP contribution in [0, 0.1) is 15.9 Å². The fraction of sp³-hybridized carbons (Fsp3) is 0.263. The molecule has 152 valence electrons. The van der Waals surface area contributed by atoms with Crippen LogP contribution < -0.4 is 4.80 Å². The van der Waals surface area contributed by atoms with Gasteiger partial charge in [0.1, 0.15) is 5.82 Å². The van der Waals surface area contributed by atoms with Crippen molar-refractivity contribution >= 4 is 56.7 Å². The summed E-state index contributed by atoms with van der Waals surface area (Å²) in [6.45, 7) is 0.662. The van der Waals surface area contributed by atoms with E-state index in [1.807, 2.05) is 10.8 Å². The molecule has 29 heavy (non-hydrogen) atoms. The molecular weight excluding hydrogens is 433 g/mol. The summed E-state index contributed by atoms with van der Waals surface area (Å²) in [6, 6.07) is 10.8. The number of hydrogen-bond acceptors (Lipinski definition) is 6. The highest BCUT2D eigenvalue weighted by atomic mass is 32.2. The third kappa shape index (κ3) is 5.68. The number of thioether (sulfide) groups is 2. The third-order valence-electron chi connectivity index (χ3n) is 4.01. The lowest BCUT2D eigenvalue weighted by molar-refractivity contribution is -0.384. The van der Waals surface area contributed by atoms with Gasteiger partial charge in [-0.3, -0.25) is 14.9 Å². The minimum absolute atomic E-state index is 0.0179. The number of nitro benzene ring substituents is 1. The molecule has 0 saturated carbocycles. The number of aromatic nitrogens is 1. The van der Waals surface area contributed by atoms with Crippen LogP contribution >= 0.6 is 34.9 Å². The van der Waals surface area contributed by atoms with Gasteiger partial charge in [0.25, 0.3) is 5.69 Å². The van der Waals surface area contributed by atoms with E-state index >= 15 is 0 Å². The lowest BCUT2D eigenvalue weighted by Gasteiger charge is -2.03. The van der Waals surface area contributed by atoms with Crippen LogP contribution in [-0.2, 0) is 11.3 Å². The molecule has 1 heterocycles. The smallest absolute Gasteiger partial charge is 0.270 e. The maximum absolute atomic E-state index is 12.9. The Kier molecular flexibility index (Phi) is 7.45. The van der Waals surface area contributed by atoms with Crippen molar-refractivity contribution < 1.29 is 14.1 Å². The van der Waals surface area contributed by atoms with Crippen LogP contribution in [0.2, 0.25) is 0 Å². The summed E-state index contributed by atoms with van der Waals surface area (Å²) in [5.74, 6) is 0.832. The monoisotopic (exact) mass is 451 g/mol.